The van der Waals surface area contributed by atoms with Crippen LogP contribution in [0.3, 0.4) is 0 Å². The molecule has 0 spiro atoms. The largest absolute Gasteiger partial charge is 0.503 e. The summed E-state index contributed by atoms with van der Waals surface area (Å²) >= 11 is 0. The number of halogens is 5. The fraction of sp³-hybridized carbons (Fsp3) is 0.381. The van der Waals surface area contributed by atoms with Crippen LogP contribution < -0.4 is 10.7 Å². The molecule has 1 saturated heterocycles. The Bertz CT molecular complexity index is 1250. The van der Waals surface area contributed by atoms with Crippen molar-refractivity contribution in [2.75, 3.05) is 0 Å². The number of rotatable bonds is 3. The molecule has 0 radical (unpaired) electrons. The Morgan fingerprint density at radius 3 is 2.52 bits per heavy atom. The summed E-state index contributed by atoms with van der Waals surface area (Å²) in [7, 11) is 0. The predicted octanol–water partition coefficient (Wildman–Crippen LogP) is 2.15. The van der Waals surface area contributed by atoms with Gasteiger partial charge in [0.15, 0.2) is 11.4 Å². The summed E-state index contributed by atoms with van der Waals surface area (Å²) < 4.78 is 70.1. The molecule has 2 amide bonds. The first-order valence-corrected chi connectivity index (χ1v) is 10.1. The summed E-state index contributed by atoms with van der Waals surface area (Å²) in [6.07, 6.45) is 0.740. The second-order valence-electron chi connectivity index (χ2n) is 8.51. The maximum atomic E-state index is 14.2. The number of aromatic nitrogens is 1. The first-order valence-electron chi connectivity index (χ1n) is 10.1. The highest BCUT2D eigenvalue weighted by Crippen LogP contribution is 2.53. The number of amides is 2. The second kappa shape index (κ2) is 7.03. The lowest BCUT2D eigenvalue weighted by molar-refractivity contribution is -0.0870. The molecule has 2 aromatic rings. The molecular formula is C21H16F5N3O4. The van der Waals surface area contributed by atoms with Gasteiger partial charge in [-0.1, -0.05) is 0 Å². The fourth-order valence-corrected chi connectivity index (χ4v) is 5.13. The highest BCUT2D eigenvalue weighted by molar-refractivity contribution is 5.99. The van der Waals surface area contributed by atoms with Crippen LogP contribution in [-0.4, -0.2) is 44.4 Å². The van der Waals surface area contributed by atoms with Crippen LogP contribution in [0, 0.1) is 23.4 Å². The molecule has 1 saturated carbocycles. The number of benzene rings is 1. The number of hydrogen-bond acceptors (Lipinski definition) is 4. The van der Waals surface area contributed by atoms with Crippen molar-refractivity contribution in [1.29, 1.82) is 0 Å². The zero-order valence-electron chi connectivity index (χ0n) is 16.7. The van der Waals surface area contributed by atoms with Gasteiger partial charge in [-0.3, -0.25) is 14.4 Å². The van der Waals surface area contributed by atoms with Gasteiger partial charge >= 0.3 is 0 Å². The van der Waals surface area contributed by atoms with E-state index in [9.17, 15) is 41.4 Å². The minimum Gasteiger partial charge on any atom is -0.503 e. The molecule has 7 nitrogen and oxygen atoms in total. The van der Waals surface area contributed by atoms with Crippen molar-refractivity contribution in [2.24, 2.45) is 5.92 Å². The topological polar surface area (TPSA) is 91.6 Å². The number of aromatic hydroxyl groups is 1. The lowest BCUT2D eigenvalue weighted by atomic mass is 9.94. The van der Waals surface area contributed by atoms with Crippen LogP contribution in [-0.2, 0) is 13.1 Å². The monoisotopic (exact) mass is 469 g/mol. The van der Waals surface area contributed by atoms with Gasteiger partial charge in [-0.05, 0) is 12.3 Å². The van der Waals surface area contributed by atoms with Crippen LogP contribution in [0.5, 0.6) is 5.75 Å². The molecule has 174 valence electrons. The van der Waals surface area contributed by atoms with Crippen molar-refractivity contribution in [1.82, 2.24) is 14.8 Å². The maximum absolute atomic E-state index is 14.2. The highest BCUT2D eigenvalue weighted by atomic mass is 19.3. The molecule has 12 heteroatoms. The average molecular weight is 469 g/mol. The molecule has 2 aliphatic heterocycles. The predicted molar refractivity (Wildman–Crippen MR) is 101 cm³/mol. The van der Waals surface area contributed by atoms with Crippen molar-refractivity contribution < 1.29 is 36.6 Å². The zero-order chi connectivity index (χ0) is 23.8. The molecule has 2 N–H and O–H groups in total. The van der Waals surface area contributed by atoms with Crippen LogP contribution in [0.15, 0.2) is 23.1 Å². The van der Waals surface area contributed by atoms with Crippen molar-refractivity contribution in [3.8, 4) is 5.75 Å². The molecule has 3 atom stereocenters. The van der Waals surface area contributed by atoms with Gasteiger partial charge in [0, 0.05) is 43.4 Å². The number of alkyl halides is 2. The minimum absolute atomic E-state index is 0.00629. The first kappa shape index (κ1) is 21.4. The van der Waals surface area contributed by atoms with Crippen LogP contribution in [0.25, 0.3) is 0 Å². The van der Waals surface area contributed by atoms with Crippen molar-refractivity contribution in [2.45, 2.75) is 43.9 Å². The third-order valence-corrected chi connectivity index (χ3v) is 6.64. The molecule has 5 rings (SSSR count). The van der Waals surface area contributed by atoms with E-state index in [1.54, 1.807) is 0 Å². The molecule has 33 heavy (non-hydrogen) atoms. The summed E-state index contributed by atoms with van der Waals surface area (Å²) in [5.74, 6) is -10.2. The Morgan fingerprint density at radius 2 is 1.85 bits per heavy atom. The van der Waals surface area contributed by atoms with Gasteiger partial charge in [0.05, 0.1) is 12.1 Å². The average Bonchev–Trinajstić information content (AvgIpc) is 3.23. The number of carbonyl (C=O) groups excluding carboxylic acids is 2. The Kier molecular flexibility index (Phi) is 4.56. The Hall–Kier alpha value is -3.44. The number of nitrogens with one attached hydrogen (secondary N) is 1. The molecule has 1 aromatic heterocycles. The van der Waals surface area contributed by atoms with E-state index in [0.29, 0.717) is 12.1 Å². The third-order valence-electron chi connectivity index (χ3n) is 6.64. The summed E-state index contributed by atoms with van der Waals surface area (Å²) in [5, 5.41) is 12.5. The van der Waals surface area contributed by atoms with Gasteiger partial charge in [-0.15, -0.1) is 0 Å². The van der Waals surface area contributed by atoms with E-state index in [2.05, 4.69) is 5.32 Å². The normalized spacial score (nSPS) is 24.6. The molecule has 2 bridgehead atoms. The molecule has 3 heterocycles. The summed E-state index contributed by atoms with van der Waals surface area (Å²) in [4.78, 5) is 39.0. The standard InChI is InChI=1S/C21H16F5N3O4/c22-9-2-12(23)10(13(24)3-9)5-27-19(32)11-6-28-7-14-8-1-15(21(25,26)4-8)29(14)20(33)16(28)18(31)17(11)30/h2-3,6,8,14-15,31H,1,4-5,7H2,(H,27,32)/t8?,14-,15-/m1/s1. The van der Waals surface area contributed by atoms with Crippen molar-refractivity contribution >= 4 is 11.8 Å². The Morgan fingerprint density at radius 1 is 1.18 bits per heavy atom. The second-order valence-corrected chi connectivity index (χ2v) is 8.51. The lowest BCUT2D eigenvalue weighted by Crippen LogP contribution is -2.57. The van der Waals surface area contributed by atoms with Crippen molar-refractivity contribution in [3.63, 3.8) is 0 Å². The number of carbonyl (C=O) groups is 2. The zero-order valence-corrected chi connectivity index (χ0v) is 16.7. The quantitative estimate of drug-likeness (QED) is 0.675. The number of fused-ring (bicyclic) bond motifs is 6. The maximum Gasteiger partial charge on any atom is 0.275 e. The number of nitrogens with zero attached hydrogens (tertiary/aromatic N) is 2. The number of piperidine rings is 1. The van der Waals surface area contributed by atoms with Gasteiger partial charge in [0.2, 0.25) is 5.43 Å². The summed E-state index contributed by atoms with van der Waals surface area (Å²) in [6.45, 7) is -0.722. The van der Waals surface area contributed by atoms with E-state index in [1.807, 2.05) is 0 Å². The van der Waals surface area contributed by atoms with E-state index in [0.717, 1.165) is 11.1 Å². The molecule has 1 aromatic carbocycles. The van der Waals surface area contributed by atoms with Crippen LogP contribution in [0.1, 0.15) is 39.3 Å². The Labute approximate surface area is 182 Å². The molecule has 1 aliphatic carbocycles. The van der Waals surface area contributed by atoms with Crippen LogP contribution >= 0.6 is 0 Å². The summed E-state index contributed by atoms with van der Waals surface area (Å²) in [6, 6.07) is -1.03. The fourth-order valence-electron chi connectivity index (χ4n) is 5.13. The van der Waals surface area contributed by atoms with E-state index in [-0.39, 0.29) is 19.4 Å². The number of hydrogen-bond donors (Lipinski definition) is 2. The smallest absolute Gasteiger partial charge is 0.275 e. The van der Waals surface area contributed by atoms with Gasteiger partial charge in [-0.2, -0.15) is 0 Å². The van der Waals surface area contributed by atoms with Gasteiger partial charge in [-0.25, -0.2) is 22.0 Å². The molecule has 1 unspecified atom stereocenters. The van der Waals surface area contributed by atoms with E-state index in [4.69, 9.17) is 0 Å². The van der Waals surface area contributed by atoms with Crippen LogP contribution in [0.2, 0.25) is 0 Å². The summed E-state index contributed by atoms with van der Waals surface area (Å²) in [5.41, 5.74) is -2.97. The lowest BCUT2D eigenvalue weighted by Gasteiger charge is -2.43. The van der Waals surface area contributed by atoms with Gasteiger partial charge < -0.3 is 19.9 Å². The molecule has 2 fully saturated rings. The van der Waals surface area contributed by atoms with E-state index < -0.39 is 87.7 Å². The number of pyridine rings is 1. The van der Waals surface area contributed by atoms with E-state index >= 15 is 0 Å². The van der Waals surface area contributed by atoms with Crippen molar-refractivity contribution in [3.05, 3.63) is 62.8 Å². The minimum atomic E-state index is -3.06. The first-order chi connectivity index (χ1) is 15.5. The van der Waals surface area contributed by atoms with Gasteiger partial charge in [0.1, 0.15) is 23.0 Å². The molecular weight excluding hydrogens is 453 g/mol. The Balaban J connectivity index is 1.45. The third kappa shape index (κ3) is 3.10. The SMILES string of the molecule is O=C(NCc1c(F)cc(F)cc1F)c1cn2c(c(O)c1=O)C(=O)N1[C@H](C2)C2C[C@@H]1C(F)(F)C2. The van der Waals surface area contributed by atoms with Gasteiger partial charge in [0.25, 0.3) is 17.7 Å². The van der Waals surface area contributed by atoms with E-state index in [1.165, 1.54) is 4.57 Å². The highest BCUT2D eigenvalue weighted by Gasteiger charge is 2.63. The molecule has 3 aliphatic rings. The van der Waals surface area contributed by atoms with Crippen LogP contribution in [0.4, 0.5) is 22.0 Å².